The first kappa shape index (κ1) is 29.1. The van der Waals surface area contributed by atoms with Crippen LogP contribution < -0.4 is 0 Å². The quantitative estimate of drug-likeness (QED) is 0.192. The summed E-state index contributed by atoms with van der Waals surface area (Å²) >= 11 is 0. The van der Waals surface area contributed by atoms with Crippen LogP contribution in [-0.4, -0.2) is 9.97 Å². The maximum atomic E-state index is 5.32. The van der Waals surface area contributed by atoms with Crippen LogP contribution in [0.2, 0.25) is 0 Å². The third-order valence-electron chi connectivity index (χ3n) is 11.5. The predicted octanol–water partition coefficient (Wildman–Crippen LogP) is 12.4. The van der Waals surface area contributed by atoms with Crippen molar-refractivity contribution in [2.24, 2.45) is 0 Å². The molecule has 1 heterocycles. The van der Waals surface area contributed by atoms with Crippen molar-refractivity contribution in [2.45, 2.75) is 38.5 Å². The fraction of sp³-hybridized carbons (Fsp3) is 0.125. The van der Waals surface area contributed by atoms with E-state index in [2.05, 4.69) is 167 Å². The molecule has 0 fully saturated rings. The monoisotopic (exact) mass is 640 g/mol. The van der Waals surface area contributed by atoms with E-state index in [-0.39, 0.29) is 10.8 Å². The van der Waals surface area contributed by atoms with Crippen molar-refractivity contribution in [3.05, 3.63) is 168 Å². The molecule has 0 N–H and O–H groups in total. The first-order chi connectivity index (χ1) is 24.3. The van der Waals surface area contributed by atoms with E-state index in [1.165, 1.54) is 66.1 Å². The first-order valence-electron chi connectivity index (χ1n) is 17.6. The maximum absolute atomic E-state index is 5.32. The van der Waals surface area contributed by atoms with Gasteiger partial charge in [-0.15, -0.1) is 0 Å². The molecule has 0 bridgehead atoms. The van der Waals surface area contributed by atoms with Crippen molar-refractivity contribution in [2.75, 3.05) is 0 Å². The van der Waals surface area contributed by atoms with Crippen LogP contribution in [0.5, 0.6) is 0 Å². The topological polar surface area (TPSA) is 25.8 Å². The van der Waals surface area contributed by atoms with E-state index >= 15 is 0 Å². The van der Waals surface area contributed by atoms with E-state index in [0.717, 1.165) is 33.9 Å². The summed E-state index contributed by atoms with van der Waals surface area (Å²) in [7, 11) is 0. The molecule has 238 valence electrons. The van der Waals surface area contributed by atoms with Gasteiger partial charge in [-0.05, 0) is 90.3 Å². The first-order valence-corrected chi connectivity index (χ1v) is 17.6. The Hall–Kier alpha value is -5.86. The second-order valence-corrected chi connectivity index (χ2v) is 15.0. The fourth-order valence-corrected chi connectivity index (χ4v) is 8.80. The van der Waals surface area contributed by atoms with Gasteiger partial charge in [0.2, 0.25) is 0 Å². The Morgan fingerprint density at radius 3 is 1.84 bits per heavy atom. The lowest BCUT2D eigenvalue weighted by Gasteiger charge is -2.22. The molecule has 0 amide bonds. The highest BCUT2D eigenvalue weighted by molar-refractivity contribution is 6.03. The van der Waals surface area contributed by atoms with Gasteiger partial charge < -0.3 is 0 Å². The van der Waals surface area contributed by atoms with Crippen molar-refractivity contribution < 1.29 is 0 Å². The summed E-state index contributed by atoms with van der Waals surface area (Å²) in [6.07, 6.45) is 0. The molecule has 0 saturated heterocycles. The minimum Gasteiger partial charge on any atom is -0.228 e. The summed E-state index contributed by atoms with van der Waals surface area (Å²) < 4.78 is 0. The molecule has 0 atom stereocenters. The Balaban J connectivity index is 1.19. The Morgan fingerprint density at radius 1 is 0.380 bits per heavy atom. The van der Waals surface area contributed by atoms with E-state index < -0.39 is 0 Å². The zero-order valence-corrected chi connectivity index (χ0v) is 28.8. The molecule has 10 rings (SSSR count). The molecule has 7 aromatic carbocycles. The zero-order chi connectivity index (χ0) is 33.8. The van der Waals surface area contributed by atoms with Crippen molar-refractivity contribution in [3.8, 4) is 56.2 Å². The molecule has 8 aromatic rings. The largest absolute Gasteiger partial charge is 0.228 e. The molecule has 0 saturated carbocycles. The van der Waals surface area contributed by atoms with Gasteiger partial charge in [0.05, 0.1) is 11.4 Å². The van der Waals surface area contributed by atoms with Crippen LogP contribution in [0.3, 0.4) is 0 Å². The highest BCUT2D eigenvalue weighted by Gasteiger charge is 2.38. The summed E-state index contributed by atoms with van der Waals surface area (Å²) in [5.41, 5.74) is 15.5. The van der Waals surface area contributed by atoms with Crippen LogP contribution >= 0.6 is 0 Å². The van der Waals surface area contributed by atoms with Gasteiger partial charge in [-0.1, -0.05) is 149 Å². The van der Waals surface area contributed by atoms with Crippen LogP contribution in [0.1, 0.15) is 49.9 Å². The van der Waals surface area contributed by atoms with E-state index in [1.54, 1.807) is 0 Å². The van der Waals surface area contributed by atoms with Gasteiger partial charge in [-0.2, -0.15) is 0 Å². The van der Waals surface area contributed by atoms with E-state index in [0.29, 0.717) is 0 Å². The molecule has 2 aliphatic carbocycles. The van der Waals surface area contributed by atoms with E-state index in [1.807, 2.05) is 6.07 Å². The molecule has 2 heteroatoms. The highest BCUT2D eigenvalue weighted by Crippen LogP contribution is 2.54. The lowest BCUT2D eigenvalue weighted by molar-refractivity contribution is 0.661. The molecule has 0 radical (unpaired) electrons. The molecule has 2 nitrogen and oxygen atoms in total. The SMILES string of the molecule is CC1(C)c2cc3ccccc3cc2-c2c(-c3cc(-c4ccc5c(c4)C(C)(C)c4ccc6ccccc6c4-5)nc(-c4ccccc4)n3)cccc21. The fourth-order valence-electron chi connectivity index (χ4n) is 8.80. The summed E-state index contributed by atoms with van der Waals surface area (Å²) in [6, 6.07) is 53.1. The van der Waals surface area contributed by atoms with Gasteiger partial charge in [0, 0.05) is 27.5 Å². The van der Waals surface area contributed by atoms with Gasteiger partial charge in [0.25, 0.3) is 0 Å². The molecule has 50 heavy (non-hydrogen) atoms. The van der Waals surface area contributed by atoms with Crippen LogP contribution in [0.25, 0.3) is 77.7 Å². The Labute approximate surface area is 293 Å². The van der Waals surface area contributed by atoms with Crippen LogP contribution in [0.15, 0.2) is 146 Å². The van der Waals surface area contributed by atoms with Crippen molar-refractivity contribution in [3.63, 3.8) is 0 Å². The lowest BCUT2D eigenvalue weighted by Crippen LogP contribution is -2.15. The maximum Gasteiger partial charge on any atom is 0.160 e. The van der Waals surface area contributed by atoms with Crippen molar-refractivity contribution >= 4 is 21.5 Å². The number of benzene rings is 7. The van der Waals surface area contributed by atoms with Gasteiger partial charge in [0.1, 0.15) is 0 Å². The van der Waals surface area contributed by atoms with Gasteiger partial charge in [-0.25, -0.2) is 9.97 Å². The normalized spacial score (nSPS) is 14.7. The van der Waals surface area contributed by atoms with Gasteiger partial charge >= 0.3 is 0 Å². The van der Waals surface area contributed by atoms with Crippen molar-refractivity contribution in [1.82, 2.24) is 9.97 Å². The average Bonchev–Trinajstić information content (AvgIpc) is 3.53. The lowest BCUT2D eigenvalue weighted by atomic mass is 9.81. The smallest absolute Gasteiger partial charge is 0.160 e. The number of fused-ring (bicyclic) bond motifs is 9. The van der Waals surface area contributed by atoms with Crippen molar-refractivity contribution in [1.29, 1.82) is 0 Å². The number of rotatable bonds is 3. The standard InChI is InChI=1S/C48H36N2/c1-47(2)38-20-12-19-36(45(38)37-25-31-16-8-9-17-32(31)26-41(37)47)43-28-42(49-46(50-43)30-14-6-5-7-15-30)33-21-23-35-40(27-33)48(3,4)39-24-22-29-13-10-11-18-34(29)44(35)39/h5-28H,1-4H3. The average molecular weight is 641 g/mol. The van der Waals surface area contributed by atoms with Gasteiger partial charge in [0.15, 0.2) is 5.82 Å². The number of hydrogen-bond donors (Lipinski definition) is 0. The summed E-state index contributed by atoms with van der Waals surface area (Å²) in [5.74, 6) is 0.737. The number of hydrogen-bond acceptors (Lipinski definition) is 2. The Bertz CT molecular complexity index is 2700. The Kier molecular flexibility index (Phi) is 6.01. The highest BCUT2D eigenvalue weighted by atomic mass is 14.9. The minimum atomic E-state index is -0.138. The van der Waals surface area contributed by atoms with E-state index in [9.17, 15) is 0 Å². The molecular formula is C48H36N2. The second kappa shape index (κ2) is 10.3. The number of nitrogens with zero attached hydrogens (tertiary/aromatic N) is 2. The zero-order valence-electron chi connectivity index (χ0n) is 28.8. The third kappa shape index (κ3) is 4.08. The number of aromatic nitrogens is 2. The van der Waals surface area contributed by atoms with Gasteiger partial charge in [-0.3, -0.25) is 0 Å². The van der Waals surface area contributed by atoms with Crippen LogP contribution in [0.4, 0.5) is 0 Å². The molecule has 0 aliphatic heterocycles. The Morgan fingerprint density at radius 2 is 1.04 bits per heavy atom. The molecule has 0 unspecified atom stereocenters. The second-order valence-electron chi connectivity index (χ2n) is 15.0. The third-order valence-corrected chi connectivity index (χ3v) is 11.5. The molecule has 0 spiro atoms. The summed E-state index contributed by atoms with van der Waals surface area (Å²) in [5, 5.41) is 5.13. The molecule has 1 aromatic heterocycles. The van der Waals surface area contributed by atoms with Crippen LogP contribution in [-0.2, 0) is 10.8 Å². The summed E-state index contributed by atoms with van der Waals surface area (Å²) in [6.45, 7) is 9.41. The van der Waals surface area contributed by atoms with Crippen LogP contribution in [0, 0.1) is 0 Å². The predicted molar refractivity (Wildman–Crippen MR) is 208 cm³/mol. The molecular weight excluding hydrogens is 605 g/mol. The van der Waals surface area contributed by atoms with E-state index in [4.69, 9.17) is 9.97 Å². The molecule has 2 aliphatic rings. The summed E-state index contributed by atoms with van der Waals surface area (Å²) in [4.78, 5) is 10.6. The minimum absolute atomic E-state index is 0.131.